The minimum Gasteiger partial charge on any atom is -0.508 e. The summed E-state index contributed by atoms with van der Waals surface area (Å²) in [5.41, 5.74) is 1.92. The number of H-pyrrole nitrogens is 1. The molecule has 3 aromatic rings. The van der Waals surface area contributed by atoms with Crippen LogP contribution < -0.4 is 0 Å². The molecule has 3 N–H and O–H groups in total. The normalized spacial score (nSPS) is 10.8. The molecule has 0 spiro atoms. The molecule has 25 heavy (non-hydrogen) atoms. The van der Waals surface area contributed by atoms with Gasteiger partial charge in [0, 0.05) is 12.0 Å². The molecule has 128 valence electrons. The number of hydrogen-bond acceptors (Lipinski definition) is 4. The lowest BCUT2D eigenvalue weighted by Crippen LogP contribution is -2.00. The van der Waals surface area contributed by atoms with Crippen molar-refractivity contribution in [1.29, 1.82) is 0 Å². The van der Waals surface area contributed by atoms with E-state index in [1.165, 1.54) is 18.2 Å². The van der Waals surface area contributed by atoms with Crippen LogP contribution in [0.2, 0.25) is 0 Å². The molecular weight excluding hydrogens is 323 g/mol. The summed E-state index contributed by atoms with van der Waals surface area (Å²) < 4.78 is 13.3. The standard InChI is InChI=1S/C19H17FN2O3/c20-13-6-9-18(24)15(10-13)16-11-17(22-21-16)19(25)3-1-2-12-4-7-14(23)8-5-12/h4-11,23-24H,1-3H2,(H,21,22). The van der Waals surface area contributed by atoms with Gasteiger partial charge >= 0.3 is 0 Å². The zero-order valence-corrected chi connectivity index (χ0v) is 13.4. The van der Waals surface area contributed by atoms with Gasteiger partial charge < -0.3 is 10.2 Å². The predicted molar refractivity (Wildman–Crippen MR) is 91.0 cm³/mol. The third-order valence-electron chi connectivity index (χ3n) is 3.92. The second-order valence-corrected chi connectivity index (χ2v) is 5.77. The number of rotatable bonds is 6. The lowest BCUT2D eigenvalue weighted by molar-refractivity contribution is 0.0975. The van der Waals surface area contributed by atoms with Crippen molar-refractivity contribution >= 4 is 5.78 Å². The van der Waals surface area contributed by atoms with Crippen LogP contribution in [-0.4, -0.2) is 26.2 Å². The van der Waals surface area contributed by atoms with E-state index in [4.69, 9.17) is 0 Å². The Morgan fingerprint density at radius 3 is 2.60 bits per heavy atom. The van der Waals surface area contributed by atoms with Crippen molar-refractivity contribution in [2.24, 2.45) is 0 Å². The van der Waals surface area contributed by atoms with E-state index in [9.17, 15) is 19.4 Å². The minimum atomic E-state index is -0.488. The molecule has 0 aliphatic rings. The van der Waals surface area contributed by atoms with Crippen LogP contribution in [0.15, 0.2) is 48.5 Å². The average Bonchev–Trinajstić information content (AvgIpc) is 3.09. The average molecular weight is 340 g/mol. The Labute approximate surface area is 143 Å². The highest BCUT2D eigenvalue weighted by molar-refractivity contribution is 5.95. The van der Waals surface area contributed by atoms with Gasteiger partial charge in [-0.1, -0.05) is 12.1 Å². The Bertz CT molecular complexity index is 888. The van der Waals surface area contributed by atoms with Gasteiger partial charge in [0.15, 0.2) is 5.78 Å². The molecule has 1 aromatic heterocycles. The minimum absolute atomic E-state index is 0.0979. The van der Waals surface area contributed by atoms with Gasteiger partial charge in [-0.2, -0.15) is 5.10 Å². The maximum absolute atomic E-state index is 13.3. The molecule has 1 heterocycles. The van der Waals surface area contributed by atoms with Gasteiger partial charge in [0.1, 0.15) is 23.0 Å². The molecule has 0 saturated heterocycles. The number of aromatic amines is 1. The fourth-order valence-corrected chi connectivity index (χ4v) is 2.57. The highest BCUT2D eigenvalue weighted by atomic mass is 19.1. The van der Waals surface area contributed by atoms with Crippen molar-refractivity contribution in [3.05, 3.63) is 65.6 Å². The number of nitrogens with one attached hydrogen (secondary N) is 1. The fourth-order valence-electron chi connectivity index (χ4n) is 2.57. The maximum Gasteiger partial charge on any atom is 0.180 e. The molecule has 0 aliphatic heterocycles. The van der Waals surface area contributed by atoms with Crippen molar-refractivity contribution in [2.75, 3.05) is 0 Å². The van der Waals surface area contributed by atoms with Crippen LogP contribution in [0.5, 0.6) is 11.5 Å². The Morgan fingerprint density at radius 2 is 1.84 bits per heavy atom. The second-order valence-electron chi connectivity index (χ2n) is 5.77. The van der Waals surface area contributed by atoms with Gasteiger partial charge in [-0.25, -0.2) is 4.39 Å². The van der Waals surface area contributed by atoms with Gasteiger partial charge in [-0.15, -0.1) is 0 Å². The Morgan fingerprint density at radius 1 is 1.08 bits per heavy atom. The molecule has 0 fully saturated rings. The number of aromatic nitrogens is 2. The smallest absolute Gasteiger partial charge is 0.180 e. The summed E-state index contributed by atoms with van der Waals surface area (Å²) in [5, 5.41) is 25.7. The maximum atomic E-state index is 13.3. The molecule has 0 bridgehead atoms. The number of benzene rings is 2. The number of carbonyl (C=O) groups is 1. The molecule has 0 unspecified atom stereocenters. The molecule has 0 atom stereocenters. The van der Waals surface area contributed by atoms with E-state index in [1.807, 2.05) is 12.1 Å². The van der Waals surface area contributed by atoms with Crippen molar-refractivity contribution in [1.82, 2.24) is 10.2 Å². The molecule has 0 aliphatic carbocycles. The first kappa shape index (κ1) is 16.7. The summed E-state index contributed by atoms with van der Waals surface area (Å²) in [5.74, 6) is -0.476. The number of nitrogens with zero attached hydrogens (tertiary/aromatic N) is 1. The monoisotopic (exact) mass is 340 g/mol. The number of hydrogen-bond donors (Lipinski definition) is 3. The molecule has 2 aromatic carbocycles. The third kappa shape index (κ3) is 4.03. The van der Waals surface area contributed by atoms with Crippen LogP contribution in [0, 0.1) is 5.82 Å². The van der Waals surface area contributed by atoms with Gasteiger partial charge in [-0.3, -0.25) is 9.89 Å². The summed E-state index contributed by atoms with van der Waals surface area (Å²) in [6, 6.07) is 12.0. The van der Waals surface area contributed by atoms with E-state index in [0.29, 0.717) is 24.2 Å². The van der Waals surface area contributed by atoms with Crippen molar-refractivity contribution in [3.8, 4) is 22.8 Å². The Hall–Kier alpha value is -3.15. The van der Waals surface area contributed by atoms with Crippen molar-refractivity contribution in [2.45, 2.75) is 19.3 Å². The first-order chi connectivity index (χ1) is 12.0. The van der Waals surface area contributed by atoms with E-state index >= 15 is 0 Å². The van der Waals surface area contributed by atoms with Crippen LogP contribution in [0.25, 0.3) is 11.3 Å². The Balaban J connectivity index is 1.62. The van der Waals surface area contributed by atoms with Gasteiger partial charge in [-0.05, 0) is 54.8 Å². The largest absolute Gasteiger partial charge is 0.508 e. The lowest BCUT2D eigenvalue weighted by Gasteiger charge is -2.01. The molecule has 3 rings (SSSR count). The molecular formula is C19H17FN2O3. The molecule has 0 radical (unpaired) electrons. The summed E-state index contributed by atoms with van der Waals surface area (Å²) in [7, 11) is 0. The number of aromatic hydroxyl groups is 2. The molecule has 5 nitrogen and oxygen atoms in total. The lowest BCUT2D eigenvalue weighted by atomic mass is 10.0. The quantitative estimate of drug-likeness (QED) is 0.595. The first-order valence-electron chi connectivity index (χ1n) is 7.88. The van der Waals surface area contributed by atoms with Gasteiger partial charge in [0.2, 0.25) is 0 Å². The number of Topliss-reactive ketones (excluding diaryl/α,β-unsaturated/α-hetero) is 1. The number of carbonyl (C=O) groups excluding carboxylic acids is 1. The third-order valence-corrected chi connectivity index (χ3v) is 3.92. The van der Waals surface area contributed by atoms with Gasteiger partial charge in [0.05, 0.1) is 5.69 Å². The van der Waals surface area contributed by atoms with E-state index in [2.05, 4.69) is 10.2 Å². The van der Waals surface area contributed by atoms with Crippen LogP contribution in [0.1, 0.15) is 28.9 Å². The van der Waals surface area contributed by atoms with E-state index in [-0.39, 0.29) is 22.8 Å². The SMILES string of the molecule is O=C(CCCc1ccc(O)cc1)c1cc(-c2cc(F)ccc2O)n[nH]1. The summed E-state index contributed by atoms with van der Waals surface area (Å²) >= 11 is 0. The van der Waals surface area contributed by atoms with E-state index in [0.717, 1.165) is 18.1 Å². The first-order valence-corrected chi connectivity index (χ1v) is 7.88. The van der Waals surface area contributed by atoms with Crippen LogP contribution in [0.4, 0.5) is 4.39 Å². The number of ketones is 1. The van der Waals surface area contributed by atoms with Crippen LogP contribution >= 0.6 is 0 Å². The van der Waals surface area contributed by atoms with Crippen molar-refractivity contribution in [3.63, 3.8) is 0 Å². The van der Waals surface area contributed by atoms with Crippen molar-refractivity contribution < 1.29 is 19.4 Å². The summed E-state index contributed by atoms with van der Waals surface area (Å²) in [6.45, 7) is 0. The van der Waals surface area contributed by atoms with E-state index in [1.54, 1.807) is 12.1 Å². The summed E-state index contributed by atoms with van der Waals surface area (Å²) in [6.07, 6.45) is 1.71. The number of phenols is 2. The fraction of sp³-hybridized carbons (Fsp3) is 0.158. The zero-order chi connectivity index (χ0) is 17.8. The Kier molecular flexibility index (Phi) is 4.79. The number of phenolic OH excluding ortho intramolecular Hbond substituents is 2. The summed E-state index contributed by atoms with van der Waals surface area (Å²) in [4.78, 5) is 12.2. The predicted octanol–water partition coefficient (Wildman–Crippen LogP) is 3.83. The number of halogens is 1. The zero-order valence-electron chi connectivity index (χ0n) is 13.4. The second kappa shape index (κ2) is 7.17. The molecule has 6 heteroatoms. The van der Waals surface area contributed by atoms with Crippen LogP contribution in [0.3, 0.4) is 0 Å². The highest BCUT2D eigenvalue weighted by Gasteiger charge is 2.14. The number of aryl methyl sites for hydroxylation is 1. The van der Waals surface area contributed by atoms with E-state index < -0.39 is 5.82 Å². The topological polar surface area (TPSA) is 86.2 Å². The highest BCUT2D eigenvalue weighted by Crippen LogP contribution is 2.28. The van der Waals surface area contributed by atoms with Crippen LogP contribution in [-0.2, 0) is 6.42 Å². The molecule has 0 amide bonds. The van der Waals surface area contributed by atoms with Gasteiger partial charge in [0.25, 0.3) is 0 Å². The molecule has 0 saturated carbocycles.